The van der Waals surface area contributed by atoms with Gasteiger partial charge in [0.05, 0.1) is 88.6 Å². The normalized spacial score (nSPS) is 14.6. The van der Waals surface area contributed by atoms with Gasteiger partial charge in [-0.1, -0.05) is 70.7 Å². The molecule has 0 atom stereocenters. The van der Waals surface area contributed by atoms with Crippen LogP contribution in [0, 0.1) is 23.3 Å². The largest absolute Gasteiger partial charge is 0.343 e. The minimum atomic E-state index is -0.741. The molecule has 0 unspecified atom stereocenters. The minimum absolute atomic E-state index is 0.270. The fourth-order valence-electron chi connectivity index (χ4n) is 13.2. The van der Waals surface area contributed by atoms with E-state index in [2.05, 4.69) is 50.1 Å². The predicted octanol–water partition coefficient (Wildman–Crippen LogP) is 17.7. The number of aryl methyl sites for hydroxylation is 2. The molecule has 3 N–H and O–H groups in total. The Balaban J connectivity index is 0.000000107. The van der Waals surface area contributed by atoms with E-state index in [1.54, 1.807) is 72.8 Å². The first kappa shape index (κ1) is 68.2. The first-order chi connectivity index (χ1) is 49.0. The van der Waals surface area contributed by atoms with Gasteiger partial charge in [0.1, 0.15) is 85.1 Å². The predicted molar refractivity (Wildman–Crippen MR) is 390 cm³/mol. The quantitative estimate of drug-likeness (QED) is 0.0679. The van der Waals surface area contributed by atoms with Crippen LogP contribution in [-0.2, 0) is 25.7 Å². The van der Waals surface area contributed by atoms with Crippen LogP contribution in [-0.4, -0.2) is 151 Å². The van der Waals surface area contributed by atoms with Crippen molar-refractivity contribution in [2.75, 3.05) is 64.1 Å². The zero-order chi connectivity index (χ0) is 69.9. The number of benzene rings is 4. The number of halogens is 13. The molecule has 12 aromatic heterocycles. The van der Waals surface area contributed by atoms with Crippen molar-refractivity contribution < 1.29 is 30.7 Å². The summed E-state index contributed by atoms with van der Waals surface area (Å²) in [5.41, 5.74) is 12.7. The number of hydrogen-bond acceptors (Lipinski definition) is 11. The van der Waals surface area contributed by atoms with Crippen molar-refractivity contribution in [3.8, 4) is 0 Å². The minimum Gasteiger partial charge on any atom is -0.343 e. The summed E-state index contributed by atoms with van der Waals surface area (Å²) in [4.78, 5) is 46.9. The van der Waals surface area contributed by atoms with Crippen LogP contribution in [0.1, 0.15) is 23.0 Å². The number of likely N-dealkylation sites (tertiary alicyclic amines) is 2. The molecule has 0 spiro atoms. The number of fused-ring (bicyclic) bond motifs is 20. The molecule has 101 heavy (non-hydrogen) atoms. The maximum Gasteiger partial charge on any atom is 0.133 e. The average molecular weight is 1490 g/mol. The lowest BCUT2D eigenvalue weighted by atomic mass is 10.1. The smallest absolute Gasteiger partial charge is 0.133 e. The number of H-pyrrole nitrogens is 2. The SMILES string of the molecule is FC1CNC1.Fc1cccc2c1cc1c3nc(Cl)ccc3nc(CCCl)n21.Fc1cccc2c1cc1c3nc(Cl)ccc3nc(CCN3CC(F)C3)n21.Fc1cccc2nc3c4[nH]c(Cl)ccc4nc(CCCl)c3c12.Fc1cccc2nc3c4[nH]c(Cl)ccc4nc(CCN4CC(F)C4)c3c12. The Morgan fingerprint density at radius 1 is 0.386 bits per heavy atom. The standard InChI is InChI=1S/2C19H15ClF2N4.2C16H10Cl2FN3.C3H6FN/c20-17-5-4-14-19(24-17)16-8-12-13(22)2-1-3-15(12)26(16)18(23-14)6-7-25-9-11(21)10-25;20-15-5-4-14-18(25-15)19-17(16-11(22)2-1-3-12(16)24-19)13(23-14)6-7-26-8-10(21)9-26;17-7-6-15-20-11-4-5-14(18)21-16(11)13-8-9-10(19)2-1-3-12(9)22(13)15;17-7-6-10-14-13-8(19)2-1-3-9(13)21-16(14)15-11(20-10)4-5-12(18)22-15;4-3-1-5-2-3/h1-5,8,11H,6-7,9-10H2;1-5,10,25H,6-9H2;1-5,8H,6-7H2;1-5,22H,6-7H2;3,5H,1-2H2. The van der Waals surface area contributed by atoms with Crippen molar-refractivity contribution in [2.24, 2.45) is 0 Å². The Kier molecular flexibility index (Phi) is 19.4. The first-order valence-electron chi connectivity index (χ1n) is 32.4. The van der Waals surface area contributed by atoms with Gasteiger partial charge in [-0.25, -0.2) is 60.6 Å². The number of alkyl halides is 5. The summed E-state index contributed by atoms with van der Waals surface area (Å²) in [6.45, 7) is 4.38. The fourth-order valence-corrected chi connectivity index (χ4v) is 14.2. The summed E-state index contributed by atoms with van der Waals surface area (Å²) in [6.07, 6.45) is 0.361. The Bertz CT molecular complexity index is 5790. The third-order valence-electron chi connectivity index (χ3n) is 18.0. The van der Waals surface area contributed by atoms with E-state index in [1.165, 1.54) is 24.3 Å². The van der Waals surface area contributed by atoms with Crippen LogP contribution in [0.3, 0.4) is 0 Å². The molecule has 0 bridgehead atoms. The highest BCUT2D eigenvalue weighted by atomic mass is 35.5. The van der Waals surface area contributed by atoms with E-state index in [0.717, 1.165) is 61.7 Å². The lowest BCUT2D eigenvalue weighted by Gasteiger charge is -2.34. The molecule has 3 fully saturated rings. The van der Waals surface area contributed by atoms with Crippen molar-refractivity contribution in [3.63, 3.8) is 0 Å². The number of aromatic nitrogens is 12. The van der Waals surface area contributed by atoms with E-state index in [1.807, 2.05) is 50.1 Å². The molecule has 4 aromatic carbocycles. The van der Waals surface area contributed by atoms with Crippen LogP contribution >= 0.6 is 69.6 Å². The van der Waals surface area contributed by atoms with E-state index in [-0.39, 0.29) is 23.3 Å². The van der Waals surface area contributed by atoms with Crippen molar-refractivity contribution in [1.29, 1.82) is 0 Å². The Hall–Kier alpha value is -8.55. The molecular formula is C73H56Cl6F7N15. The van der Waals surface area contributed by atoms with Gasteiger partial charge in [-0.2, -0.15) is 0 Å². The molecule has 0 saturated carbocycles. The fraction of sp³-hybridized carbons (Fsp3) is 0.233. The lowest BCUT2D eigenvalue weighted by Crippen LogP contribution is -2.49. The molecule has 16 aromatic rings. The number of hydrogen-bond donors (Lipinski definition) is 3. The van der Waals surface area contributed by atoms with Gasteiger partial charge in [-0.15, -0.1) is 23.2 Å². The van der Waals surface area contributed by atoms with Crippen LogP contribution in [0.15, 0.2) is 133 Å². The van der Waals surface area contributed by atoms with Gasteiger partial charge in [-0.05, 0) is 109 Å². The second-order valence-electron chi connectivity index (χ2n) is 24.7. The van der Waals surface area contributed by atoms with Gasteiger partial charge in [0.2, 0.25) is 0 Å². The topological polar surface area (TPSA) is 162 Å². The van der Waals surface area contributed by atoms with Crippen molar-refractivity contribution in [1.82, 2.24) is 73.8 Å². The lowest BCUT2D eigenvalue weighted by molar-refractivity contribution is 0.0665. The number of nitrogens with zero attached hydrogens (tertiary/aromatic N) is 12. The summed E-state index contributed by atoms with van der Waals surface area (Å²) < 4.78 is 98.8. The molecule has 15 nitrogen and oxygen atoms in total. The Labute approximate surface area is 599 Å². The van der Waals surface area contributed by atoms with E-state index >= 15 is 0 Å². The molecule has 28 heteroatoms. The van der Waals surface area contributed by atoms with Gasteiger partial charge >= 0.3 is 0 Å². The van der Waals surface area contributed by atoms with Crippen LogP contribution in [0.25, 0.3) is 121 Å². The average Bonchev–Trinajstić information content (AvgIpc) is 1.63. The second-order valence-corrected chi connectivity index (χ2v) is 27.0. The number of pyridine rings is 6. The highest BCUT2D eigenvalue weighted by molar-refractivity contribution is 6.31. The van der Waals surface area contributed by atoms with Crippen LogP contribution in [0.4, 0.5) is 30.7 Å². The monoisotopic (exact) mass is 1490 g/mol. The Morgan fingerprint density at radius 2 is 0.802 bits per heavy atom. The summed E-state index contributed by atoms with van der Waals surface area (Å²) >= 11 is 36.0. The molecule has 0 aliphatic carbocycles. The molecular weight excluding hydrogens is 1430 g/mol. The van der Waals surface area contributed by atoms with Crippen LogP contribution in [0.2, 0.25) is 20.6 Å². The van der Waals surface area contributed by atoms with E-state index in [4.69, 9.17) is 79.6 Å². The van der Waals surface area contributed by atoms with Crippen LogP contribution < -0.4 is 5.32 Å². The third-order valence-corrected chi connectivity index (χ3v) is 19.3. The highest BCUT2D eigenvalue weighted by Crippen LogP contribution is 2.38. The number of nitrogens with one attached hydrogen (secondary N) is 3. The molecule has 0 amide bonds. The van der Waals surface area contributed by atoms with Crippen LogP contribution in [0.5, 0.6) is 0 Å². The first-order valence-corrected chi connectivity index (χ1v) is 34.9. The van der Waals surface area contributed by atoms with E-state index < -0.39 is 18.5 Å². The highest BCUT2D eigenvalue weighted by Gasteiger charge is 2.29. The summed E-state index contributed by atoms with van der Waals surface area (Å²) in [5.74, 6) is 1.25. The molecule has 3 aliphatic heterocycles. The molecule has 0 radical (unpaired) electrons. The maximum absolute atomic E-state index is 14.6. The zero-order valence-electron chi connectivity index (χ0n) is 53.1. The van der Waals surface area contributed by atoms with Crippen molar-refractivity contribution >= 4 is 190 Å². The Morgan fingerprint density at radius 3 is 1.24 bits per heavy atom. The summed E-state index contributed by atoms with van der Waals surface area (Å²) in [5, 5.41) is 7.93. The zero-order valence-corrected chi connectivity index (χ0v) is 57.6. The molecule has 514 valence electrons. The maximum atomic E-state index is 14.6. The molecule has 19 rings (SSSR count). The van der Waals surface area contributed by atoms with Gasteiger partial charge < -0.3 is 15.3 Å². The van der Waals surface area contributed by atoms with Gasteiger partial charge in [0, 0.05) is 122 Å². The summed E-state index contributed by atoms with van der Waals surface area (Å²) in [7, 11) is 0. The molecule has 3 aliphatic rings. The number of aromatic amines is 2. The van der Waals surface area contributed by atoms with Crippen molar-refractivity contribution in [3.05, 3.63) is 200 Å². The van der Waals surface area contributed by atoms with Crippen molar-refractivity contribution in [2.45, 2.75) is 44.2 Å². The van der Waals surface area contributed by atoms with Gasteiger partial charge in [-0.3, -0.25) is 28.6 Å². The number of rotatable bonds is 10. The summed E-state index contributed by atoms with van der Waals surface area (Å²) in [6, 6.07) is 37.5. The molecule has 3 saturated heterocycles. The molecule has 15 heterocycles. The van der Waals surface area contributed by atoms with Gasteiger partial charge in [0.25, 0.3) is 0 Å². The third kappa shape index (κ3) is 13.4. The van der Waals surface area contributed by atoms with Gasteiger partial charge in [0.15, 0.2) is 0 Å². The van der Waals surface area contributed by atoms with E-state index in [9.17, 15) is 30.7 Å². The second kappa shape index (κ2) is 28.7. The van der Waals surface area contributed by atoms with E-state index in [0.29, 0.717) is 192 Å².